The summed E-state index contributed by atoms with van der Waals surface area (Å²) in [4.78, 5) is 17.7. The van der Waals surface area contributed by atoms with Crippen LogP contribution in [-0.2, 0) is 14.2 Å². The summed E-state index contributed by atoms with van der Waals surface area (Å²) in [6, 6.07) is 34.1. The third-order valence-electron chi connectivity index (χ3n) is 10.3. The van der Waals surface area contributed by atoms with Crippen molar-refractivity contribution in [1.82, 2.24) is 19.9 Å². The predicted octanol–water partition coefficient (Wildman–Crippen LogP) is 12.4. The molecule has 4 unspecified atom stereocenters. The highest BCUT2D eigenvalue weighted by molar-refractivity contribution is 5.26. The molecule has 0 bridgehead atoms. The molecule has 7 nitrogen and oxygen atoms in total. The molecule has 56 heavy (non-hydrogen) atoms. The molecule has 1 aromatic carbocycles. The first-order valence-corrected chi connectivity index (χ1v) is 21.1. The van der Waals surface area contributed by atoms with Crippen molar-refractivity contribution in [2.75, 3.05) is 19.8 Å². The average molecular weight is 759 g/mol. The molecule has 1 aliphatic carbocycles. The summed E-state index contributed by atoms with van der Waals surface area (Å²) in [5.74, 6) is 1.83. The van der Waals surface area contributed by atoms with Gasteiger partial charge >= 0.3 is 0 Å². The van der Waals surface area contributed by atoms with Crippen molar-refractivity contribution in [3.8, 4) is 0 Å². The lowest BCUT2D eigenvalue weighted by molar-refractivity contribution is -0.0194. The van der Waals surface area contributed by atoms with E-state index in [0.717, 1.165) is 60.8 Å². The second-order valence-corrected chi connectivity index (χ2v) is 14.9. The largest absolute Gasteiger partial charge is 0.371 e. The van der Waals surface area contributed by atoms with E-state index in [1.165, 1.54) is 38.5 Å². The minimum atomic E-state index is -0.184. The fourth-order valence-corrected chi connectivity index (χ4v) is 6.45. The van der Waals surface area contributed by atoms with Crippen LogP contribution in [-0.4, -0.2) is 39.8 Å². The number of rotatable bonds is 18. The maximum Gasteiger partial charge on any atom is 0.141 e. The third-order valence-corrected chi connectivity index (χ3v) is 10.3. The Labute approximate surface area is 337 Å². The minimum absolute atomic E-state index is 0.0565. The van der Waals surface area contributed by atoms with Gasteiger partial charge in [-0.2, -0.15) is 0 Å². The van der Waals surface area contributed by atoms with Gasteiger partial charge in [0.05, 0.1) is 36.0 Å². The van der Waals surface area contributed by atoms with Crippen LogP contribution in [0.2, 0.25) is 0 Å². The summed E-state index contributed by atoms with van der Waals surface area (Å²) in [5, 5.41) is 0. The normalized spacial score (nSPS) is 15.0. The summed E-state index contributed by atoms with van der Waals surface area (Å²) < 4.78 is 18.3. The van der Waals surface area contributed by atoms with E-state index in [4.69, 9.17) is 14.2 Å². The van der Waals surface area contributed by atoms with Gasteiger partial charge in [0.1, 0.15) is 18.3 Å². The maximum absolute atomic E-state index is 6.26. The number of hydrogen-bond acceptors (Lipinski definition) is 7. The Hall–Kier alpha value is -4.30. The van der Waals surface area contributed by atoms with Crippen LogP contribution in [0.1, 0.15) is 139 Å². The van der Waals surface area contributed by atoms with Crippen LogP contribution in [0, 0.1) is 17.8 Å². The Bertz CT molecular complexity index is 1580. The summed E-state index contributed by atoms with van der Waals surface area (Å²) in [6.45, 7) is 13.4. The highest BCUT2D eigenvalue weighted by Crippen LogP contribution is 2.36. The Balaban J connectivity index is 0.000000187. The lowest BCUT2D eigenvalue weighted by Crippen LogP contribution is -2.22. The van der Waals surface area contributed by atoms with Crippen LogP contribution in [0.4, 0.5) is 0 Å². The zero-order valence-corrected chi connectivity index (χ0v) is 34.6. The lowest BCUT2D eigenvalue weighted by atomic mass is 9.84. The van der Waals surface area contributed by atoms with Crippen LogP contribution >= 0.6 is 0 Å². The van der Waals surface area contributed by atoms with Crippen LogP contribution < -0.4 is 0 Å². The molecular formula is C49H66N4O3. The third kappa shape index (κ3) is 15.7. The van der Waals surface area contributed by atoms with Crippen molar-refractivity contribution in [2.24, 2.45) is 17.8 Å². The molecule has 0 aliphatic heterocycles. The Kier molecular flexibility index (Phi) is 21.0. The number of hydrogen-bond donors (Lipinski definition) is 0. The van der Waals surface area contributed by atoms with E-state index in [2.05, 4.69) is 78.8 Å². The summed E-state index contributed by atoms with van der Waals surface area (Å²) in [7, 11) is 0. The van der Waals surface area contributed by atoms with Gasteiger partial charge in [0.25, 0.3) is 0 Å². The molecule has 6 rings (SSSR count). The van der Waals surface area contributed by atoms with Gasteiger partial charge in [0.15, 0.2) is 0 Å². The second-order valence-electron chi connectivity index (χ2n) is 14.9. The van der Waals surface area contributed by atoms with Gasteiger partial charge in [-0.1, -0.05) is 128 Å². The molecule has 1 saturated carbocycles. The molecule has 0 N–H and O–H groups in total. The van der Waals surface area contributed by atoms with Crippen molar-refractivity contribution in [3.63, 3.8) is 0 Å². The summed E-state index contributed by atoms with van der Waals surface area (Å²) in [6.07, 6.45) is 18.4. The predicted molar refractivity (Wildman–Crippen MR) is 228 cm³/mol. The number of pyridine rings is 4. The first-order chi connectivity index (χ1) is 27.5. The molecule has 0 amide bonds. The van der Waals surface area contributed by atoms with E-state index < -0.39 is 0 Å². The topological polar surface area (TPSA) is 79.2 Å². The molecule has 300 valence electrons. The summed E-state index contributed by atoms with van der Waals surface area (Å²) in [5.41, 5.74) is 5.07. The number of unbranched alkanes of at least 4 members (excludes halogenated alkanes) is 1. The highest BCUT2D eigenvalue weighted by atomic mass is 16.5. The van der Waals surface area contributed by atoms with E-state index in [-0.39, 0.29) is 18.3 Å². The Morgan fingerprint density at radius 3 is 1.45 bits per heavy atom. The van der Waals surface area contributed by atoms with E-state index >= 15 is 0 Å². The number of ether oxygens (including phenoxy) is 3. The fraction of sp³-hybridized carbons (Fsp3) is 0.469. The van der Waals surface area contributed by atoms with Gasteiger partial charge in [-0.3, -0.25) is 19.9 Å². The van der Waals surface area contributed by atoms with E-state index in [1.807, 2.05) is 91.3 Å². The minimum Gasteiger partial charge on any atom is -0.371 e. The Morgan fingerprint density at radius 2 is 0.982 bits per heavy atom. The van der Waals surface area contributed by atoms with Crippen molar-refractivity contribution >= 4 is 0 Å². The average Bonchev–Trinajstić information content (AvgIpc) is 3.27. The van der Waals surface area contributed by atoms with Gasteiger partial charge in [-0.15, -0.1) is 0 Å². The fourth-order valence-electron chi connectivity index (χ4n) is 6.45. The van der Waals surface area contributed by atoms with Gasteiger partial charge in [0, 0.05) is 31.4 Å². The second kappa shape index (κ2) is 26.5. The van der Waals surface area contributed by atoms with Crippen molar-refractivity contribution in [2.45, 2.75) is 111 Å². The first-order valence-electron chi connectivity index (χ1n) is 21.1. The van der Waals surface area contributed by atoms with Crippen LogP contribution in [0.25, 0.3) is 0 Å². The van der Waals surface area contributed by atoms with Gasteiger partial charge in [-0.25, -0.2) is 0 Å². The zero-order valence-electron chi connectivity index (χ0n) is 34.6. The SMILES string of the molecule is CCC(C)COC(c1ccccn1)C1CCCCC1.CCC(C)COC(c1ccccn1)c1ccccn1.CCCCOC(c1ccccc1)c1ccccn1. The van der Waals surface area contributed by atoms with E-state index in [0.29, 0.717) is 24.4 Å². The standard InChI is InChI=1S/C17H27NO.C16H20N2O.C16H19NO/c1-3-14(2)13-19-17(15-9-5-4-6-10-15)16-11-7-8-12-18-16;1-3-13(2)12-19-16(14-8-4-6-10-17-14)15-9-5-7-11-18-15;1-2-3-13-18-16(14-9-5-4-6-10-14)15-11-7-8-12-17-15/h7-8,11-12,14-15,17H,3-6,9-10,13H2,1-2H3;4-11,13,16H,3,12H2,1-2H3;4-12,16H,2-3,13H2,1H3. The van der Waals surface area contributed by atoms with Crippen LogP contribution in [0.3, 0.4) is 0 Å². The van der Waals surface area contributed by atoms with Crippen LogP contribution in [0.15, 0.2) is 128 Å². The molecule has 1 aliphatic rings. The molecule has 4 aromatic heterocycles. The number of nitrogens with zero attached hydrogens (tertiary/aromatic N) is 4. The van der Waals surface area contributed by atoms with Crippen molar-refractivity contribution in [3.05, 3.63) is 156 Å². The van der Waals surface area contributed by atoms with E-state index in [1.54, 1.807) is 12.4 Å². The van der Waals surface area contributed by atoms with Crippen LogP contribution in [0.5, 0.6) is 0 Å². The lowest BCUT2D eigenvalue weighted by Gasteiger charge is -2.30. The molecule has 0 radical (unpaired) electrons. The monoisotopic (exact) mass is 759 g/mol. The van der Waals surface area contributed by atoms with Gasteiger partial charge in [0.2, 0.25) is 0 Å². The van der Waals surface area contributed by atoms with Gasteiger partial charge < -0.3 is 14.2 Å². The molecule has 0 spiro atoms. The molecule has 4 heterocycles. The highest BCUT2D eigenvalue weighted by Gasteiger charge is 2.27. The summed E-state index contributed by atoms with van der Waals surface area (Å²) >= 11 is 0. The number of aromatic nitrogens is 4. The van der Waals surface area contributed by atoms with Crippen molar-refractivity contribution < 1.29 is 14.2 Å². The molecule has 7 heteroatoms. The quantitative estimate of drug-likeness (QED) is 0.0823. The maximum atomic E-state index is 6.26. The molecule has 0 saturated heterocycles. The molecular weight excluding hydrogens is 693 g/mol. The molecule has 4 atom stereocenters. The van der Waals surface area contributed by atoms with Crippen molar-refractivity contribution in [1.29, 1.82) is 0 Å². The zero-order chi connectivity index (χ0) is 39.6. The smallest absolute Gasteiger partial charge is 0.141 e. The molecule has 1 fully saturated rings. The van der Waals surface area contributed by atoms with Gasteiger partial charge in [-0.05, 0) is 91.1 Å². The number of benzene rings is 1. The first kappa shape index (κ1) is 44.4. The van der Waals surface area contributed by atoms with E-state index in [9.17, 15) is 0 Å². The Morgan fingerprint density at radius 1 is 0.518 bits per heavy atom. The molecule has 5 aromatic rings.